The van der Waals surface area contributed by atoms with Gasteiger partial charge in [0.25, 0.3) is 0 Å². The van der Waals surface area contributed by atoms with Crippen LogP contribution in [0, 0.1) is 5.82 Å². The van der Waals surface area contributed by atoms with Crippen LogP contribution in [0.15, 0.2) is 24.3 Å². The molecule has 18 heavy (non-hydrogen) atoms. The second kappa shape index (κ2) is 6.30. The lowest BCUT2D eigenvalue weighted by molar-refractivity contribution is 0.0962. The average Bonchev–Trinajstić information content (AvgIpc) is 2.33. The van der Waals surface area contributed by atoms with Gasteiger partial charge in [-0.1, -0.05) is 31.5 Å². The highest BCUT2D eigenvalue weighted by Gasteiger charge is 2.39. The minimum Gasteiger partial charge on any atom is -0.381 e. The van der Waals surface area contributed by atoms with Crippen LogP contribution in [-0.4, -0.2) is 26.3 Å². The van der Waals surface area contributed by atoms with Gasteiger partial charge < -0.3 is 10.1 Å². The summed E-state index contributed by atoms with van der Waals surface area (Å²) in [7, 11) is 0. The molecule has 0 aliphatic carbocycles. The normalized spacial score (nSPS) is 17.4. The molecule has 0 radical (unpaired) electrons. The minimum atomic E-state index is -0.0902. The Morgan fingerprint density at radius 3 is 2.67 bits per heavy atom. The van der Waals surface area contributed by atoms with Crippen molar-refractivity contribution in [2.45, 2.75) is 31.6 Å². The fourth-order valence-electron chi connectivity index (χ4n) is 2.44. The van der Waals surface area contributed by atoms with Gasteiger partial charge in [-0.15, -0.1) is 0 Å². The molecule has 1 saturated heterocycles. The van der Waals surface area contributed by atoms with Crippen LogP contribution in [0.2, 0.25) is 0 Å². The van der Waals surface area contributed by atoms with Crippen LogP contribution in [0.1, 0.15) is 31.7 Å². The lowest BCUT2D eigenvalue weighted by Gasteiger charge is -2.43. The van der Waals surface area contributed by atoms with E-state index < -0.39 is 0 Å². The van der Waals surface area contributed by atoms with Crippen LogP contribution >= 0.6 is 0 Å². The number of hydrogen-bond donors (Lipinski definition) is 1. The SMILES string of the molecule is CCCCOCCC1(c2ccccc2F)CNC1. The Morgan fingerprint density at radius 2 is 2.06 bits per heavy atom. The lowest BCUT2D eigenvalue weighted by Crippen LogP contribution is -2.57. The predicted octanol–water partition coefficient (Wildman–Crippen LogP) is 2.87. The van der Waals surface area contributed by atoms with Crippen LogP contribution in [0.25, 0.3) is 0 Å². The van der Waals surface area contributed by atoms with Crippen LogP contribution in [0.5, 0.6) is 0 Å². The van der Waals surface area contributed by atoms with Crippen molar-refractivity contribution in [1.29, 1.82) is 0 Å². The minimum absolute atomic E-state index is 0.0580. The third-order valence-electron chi connectivity index (χ3n) is 3.74. The Morgan fingerprint density at radius 1 is 1.28 bits per heavy atom. The van der Waals surface area contributed by atoms with Crippen molar-refractivity contribution in [2.75, 3.05) is 26.3 Å². The number of benzene rings is 1. The quantitative estimate of drug-likeness (QED) is 0.752. The van der Waals surface area contributed by atoms with Gasteiger partial charge in [0, 0.05) is 31.7 Å². The van der Waals surface area contributed by atoms with Crippen LogP contribution in [0.3, 0.4) is 0 Å². The molecule has 1 aliphatic heterocycles. The summed E-state index contributed by atoms with van der Waals surface area (Å²) in [4.78, 5) is 0. The fourth-order valence-corrected chi connectivity index (χ4v) is 2.44. The van der Waals surface area contributed by atoms with Crippen molar-refractivity contribution in [3.05, 3.63) is 35.6 Å². The second-order valence-corrected chi connectivity index (χ2v) is 5.08. The van der Waals surface area contributed by atoms with Gasteiger partial charge in [-0.3, -0.25) is 0 Å². The van der Waals surface area contributed by atoms with Crippen molar-refractivity contribution in [2.24, 2.45) is 0 Å². The molecule has 2 rings (SSSR count). The second-order valence-electron chi connectivity index (χ2n) is 5.08. The van der Waals surface area contributed by atoms with E-state index in [-0.39, 0.29) is 11.2 Å². The summed E-state index contributed by atoms with van der Waals surface area (Å²) in [6.07, 6.45) is 3.15. The third-order valence-corrected chi connectivity index (χ3v) is 3.74. The Balaban J connectivity index is 1.92. The number of halogens is 1. The standard InChI is InChI=1S/C15H22FNO/c1-2-3-9-18-10-8-15(11-17-12-15)13-6-4-5-7-14(13)16/h4-7,17H,2-3,8-12H2,1H3. The monoisotopic (exact) mass is 251 g/mol. The van der Waals surface area contributed by atoms with E-state index in [4.69, 9.17) is 4.74 Å². The van der Waals surface area contributed by atoms with Gasteiger partial charge in [-0.25, -0.2) is 4.39 Å². The molecule has 1 N–H and O–H groups in total. The number of ether oxygens (including phenoxy) is 1. The zero-order chi connectivity index (χ0) is 12.8. The molecule has 0 aromatic heterocycles. The van der Waals surface area contributed by atoms with E-state index in [0.717, 1.165) is 51.1 Å². The fraction of sp³-hybridized carbons (Fsp3) is 0.600. The molecule has 1 heterocycles. The van der Waals surface area contributed by atoms with Crippen molar-refractivity contribution >= 4 is 0 Å². The van der Waals surface area contributed by atoms with Gasteiger partial charge in [-0.2, -0.15) is 0 Å². The molecule has 0 unspecified atom stereocenters. The number of hydrogen-bond acceptors (Lipinski definition) is 2. The van der Waals surface area contributed by atoms with Gasteiger partial charge in [0.2, 0.25) is 0 Å². The lowest BCUT2D eigenvalue weighted by atomic mass is 9.72. The maximum Gasteiger partial charge on any atom is 0.127 e. The maximum atomic E-state index is 13.9. The molecule has 100 valence electrons. The summed E-state index contributed by atoms with van der Waals surface area (Å²) in [5, 5.41) is 3.26. The Kier molecular flexibility index (Phi) is 4.72. The molecule has 3 heteroatoms. The van der Waals surface area contributed by atoms with E-state index in [1.165, 1.54) is 0 Å². The summed E-state index contributed by atoms with van der Waals surface area (Å²) < 4.78 is 19.5. The summed E-state index contributed by atoms with van der Waals surface area (Å²) in [6.45, 7) is 5.39. The molecule has 1 aromatic rings. The Hall–Kier alpha value is -0.930. The highest BCUT2D eigenvalue weighted by Crippen LogP contribution is 2.33. The molecule has 1 fully saturated rings. The summed E-state index contributed by atoms with van der Waals surface area (Å²) in [5.74, 6) is -0.0902. The zero-order valence-electron chi connectivity index (χ0n) is 11.0. The van der Waals surface area contributed by atoms with Gasteiger partial charge >= 0.3 is 0 Å². The molecule has 0 atom stereocenters. The van der Waals surface area contributed by atoms with Crippen LogP contribution < -0.4 is 5.32 Å². The molecule has 1 aromatic carbocycles. The Labute approximate surface area is 109 Å². The highest BCUT2D eigenvalue weighted by molar-refractivity contribution is 5.31. The topological polar surface area (TPSA) is 21.3 Å². The highest BCUT2D eigenvalue weighted by atomic mass is 19.1. The van der Waals surface area contributed by atoms with Gasteiger partial charge in [0.1, 0.15) is 5.82 Å². The van der Waals surface area contributed by atoms with Crippen LogP contribution in [0.4, 0.5) is 4.39 Å². The zero-order valence-corrected chi connectivity index (χ0v) is 11.0. The summed E-state index contributed by atoms with van der Waals surface area (Å²) >= 11 is 0. The first-order valence-corrected chi connectivity index (χ1v) is 6.82. The number of rotatable bonds is 7. The third kappa shape index (κ3) is 2.90. The molecular weight excluding hydrogens is 229 g/mol. The van der Waals surface area contributed by atoms with E-state index in [0.29, 0.717) is 0 Å². The molecule has 0 amide bonds. The smallest absolute Gasteiger partial charge is 0.127 e. The molecule has 0 saturated carbocycles. The van der Waals surface area contributed by atoms with Crippen molar-refractivity contribution in [1.82, 2.24) is 5.32 Å². The molecular formula is C15H22FNO. The first kappa shape index (κ1) is 13.5. The van der Waals surface area contributed by atoms with Gasteiger partial charge in [0.05, 0.1) is 0 Å². The first-order chi connectivity index (χ1) is 8.78. The molecule has 2 nitrogen and oxygen atoms in total. The van der Waals surface area contributed by atoms with Crippen molar-refractivity contribution in [3.63, 3.8) is 0 Å². The first-order valence-electron chi connectivity index (χ1n) is 6.82. The van der Waals surface area contributed by atoms with E-state index >= 15 is 0 Å². The van der Waals surface area contributed by atoms with Crippen molar-refractivity contribution < 1.29 is 9.13 Å². The van der Waals surface area contributed by atoms with E-state index in [1.54, 1.807) is 12.1 Å². The van der Waals surface area contributed by atoms with Gasteiger partial charge in [0.15, 0.2) is 0 Å². The molecule has 1 aliphatic rings. The van der Waals surface area contributed by atoms with Crippen LogP contribution in [-0.2, 0) is 10.2 Å². The number of unbranched alkanes of at least 4 members (excludes halogenated alkanes) is 1. The summed E-state index contributed by atoms with van der Waals surface area (Å²) in [6, 6.07) is 7.11. The van der Waals surface area contributed by atoms with Gasteiger partial charge in [-0.05, 0) is 24.5 Å². The molecule has 0 spiro atoms. The number of nitrogens with one attached hydrogen (secondary N) is 1. The maximum absolute atomic E-state index is 13.9. The van der Waals surface area contributed by atoms with E-state index in [2.05, 4.69) is 12.2 Å². The predicted molar refractivity (Wildman–Crippen MR) is 71.3 cm³/mol. The van der Waals surface area contributed by atoms with E-state index in [9.17, 15) is 4.39 Å². The summed E-state index contributed by atoms with van der Waals surface area (Å²) in [5.41, 5.74) is 0.778. The van der Waals surface area contributed by atoms with Crippen molar-refractivity contribution in [3.8, 4) is 0 Å². The van der Waals surface area contributed by atoms with E-state index in [1.807, 2.05) is 12.1 Å². The largest absolute Gasteiger partial charge is 0.381 e. The Bertz CT molecular complexity index is 377. The average molecular weight is 251 g/mol. The molecule has 0 bridgehead atoms.